The Hall–Kier alpha value is -3.24. The molecule has 1 fully saturated rings. The van der Waals surface area contributed by atoms with Gasteiger partial charge in [0.05, 0.1) is 22.2 Å². The SMILES string of the molecule is Cc1cc(Cl)c(F)c(C2(C)CC(c3ccc(C(=O)CCC(=O)NCC4(C#N)CC4)c(C)c3)=NO2)c1. The van der Waals surface area contributed by atoms with E-state index in [0.717, 1.165) is 29.5 Å². The lowest BCUT2D eigenvalue weighted by Gasteiger charge is -2.23. The van der Waals surface area contributed by atoms with E-state index in [9.17, 15) is 14.0 Å². The van der Waals surface area contributed by atoms with Crippen molar-refractivity contribution in [2.75, 3.05) is 6.54 Å². The van der Waals surface area contributed by atoms with Crippen molar-refractivity contribution in [1.29, 1.82) is 5.26 Å². The van der Waals surface area contributed by atoms with E-state index in [1.807, 2.05) is 19.9 Å². The molecule has 2 aliphatic rings. The van der Waals surface area contributed by atoms with Gasteiger partial charge < -0.3 is 10.2 Å². The number of ketones is 1. The number of nitrogens with zero attached hydrogens (tertiary/aromatic N) is 2. The lowest BCUT2D eigenvalue weighted by atomic mass is 9.87. The van der Waals surface area contributed by atoms with Gasteiger partial charge in [-0.15, -0.1) is 0 Å². The fourth-order valence-corrected chi connectivity index (χ4v) is 4.58. The number of hydrogen-bond donors (Lipinski definition) is 1. The van der Waals surface area contributed by atoms with Gasteiger partial charge in [-0.25, -0.2) is 4.39 Å². The van der Waals surface area contributed by atoms with Gasteiger partial charge in [-0.1, -0.05) is 28.9 Å². The Morgan fingerprint density at radius 2 is 1.97 bits per heavy atom. The minimum absolute atomic E-state index is 0.0442. The highest BCUT2D eigenvalue weighted by Crippen LogP contribution is 2.44. The Kier molecular flexibility index (Phi) is 6.70. The van der Waals surface area contributed by atoms with E-state index in [2.05, 4.69) is 16.5 Å². The maximum atomic E-state index is 14.7. The summed E-state index contributed by atoms with van der Waals surface area (Å²) in [7, 11) is 0. The average Bonchev–Trinajstić information content (AvgIpc) is 3.51. The minimum Gasteiger partial charge on any atom is -0.384 e. The molecule has 35 heavy (non-hydrogen) atoms. The normalized spacial score (nSPS) is 19.9. The van der Waals surface area contributed by atoms with Crippen molar-refractivity contribution in [1.82, 2.24) is 5.32 Å². The van der Waals surface area contributed by atoms with Gasteiger partial charge in [0, 0.05) is 36.9 Å². The summed E-state index contributed by atoms with van der Waals surface area (Å²) in [5.74, 6) is -0.872. The molecule has 0 saturated heterocycles. The number of aryl methyl sites for hydroxylation is 2. The van der Waals surface area contributed by atoms with Crippen molar-refractivity contribution < 1.29 is 18.8 Å². The van der Waals surface area contributed by atoms with Crippen LogP contribution in [0, 0.1) is 36.4 Å². The summed E-state index contributed by atoms with van der Waals surface area (Å²) in [6.45, 7) is 5.78. The summed E-state index contributed by atoms with van der Waals surface area (Å²) in [6, 6.07) is 10.9. The van der Waals surface area contributed by atoms with Gasteiger partial charge in [0.1, 0.15) is 5.82 Å². The van der Waals surface area contributed by atoms with Crippen LogP contribution in [0.4, 0.5) is 4.39 Å². The molecule has 182 valence electrons. The van der Waals surface area contributed by atoms with Gasteiger partial charge in [0.2, 0.25) is 5.91 Å². The first-order valence-corrected chi connectivity index (χ1v) is 12.0. The summed E-state index contributed by atoms with van der Waals surface area (Å²) < 4.78 is 14.7. The molecule has 1 saturated carbocycles. The molecule has 0 aromatic heterocycles. The summed E-state index contributed by atoms with van der Waals surface area (Å²) >= 11 is 6.04. The first-order chi connectivity index (χ1) is 16.6. The summed E-state index contributed by atoms with van der Waals surface area (Å²) in [4.78, 5) is 30.5. The lowest BCUT2D eigenvalue weighted by Crippen LogP contribution is -2.29. The molecule has 2 aromatic rings. The number of halogens is 2. The molecule has 2 aromatic carbocycles. The molecule has 1 heterocycles. The second-order valence-electron chi connectivity index (χ2n) is 9.77. The topological polar surface area (TPSA) is 91.6 Å². The highest BCUT2D eigenvalue weighted by molar-refractivity contribution is 6.30. The molecule has 1 N–H and O–H groups in total. The fraction of sp³-hybridized carbons (Fsp3) is 0.407. The first-order valence-electron chi connectivity index (χ1n) is 11.6. The number of Topliss-reactive ketones (excluding diaryl/α,β-unsaturated/α-hetero) is 1. The fourth-order valence-electron chi connectivity index (χ4n) is 4.30. The Morgan fingerprint density at radius 3 is 2.63 bits per heavy atom. The predicted octanol–water partition coefficient (Wildman–Crippen LogP) is 5.52. The molecule has 4 rings (SSSR count). The summed E-state index contributed by atoms with van der Waals surface area (Å²) in [6.07, 6.45) is 2.11. The van der Waals surface area contributed by atoms with E-state index in [1.165, 1.54) is 0 Å². The lowest BCUT2D eigenvalue weighted by molar-refractivity contribution is -0.121. The molecule has 8 heteroatoms. The number of carbonyl (C=O) groups is 2. The van der Waals surface area contributed by atoms with E-state index in [-0.39, 0.29) is 29.6 Å². The number of amides is 1. The van der Waals surface area contributed by atoms with Crippen LogP contribution in [-0.4, -0.2) is 23.9 Å². The van der Waals surface area contributed by atoms with Gasteiger partial charge >= 0.3 is 0 Å². The zero-order valence-corrected chi connectivity index (χ0v) is 20.8. The van der Waals surface area contributed by atoms with E-state index in [4.69, 9.17) is 21.7 Å². The van der Waals surface area contributed by atoms with Crippen molar-refractivity contribution in [3.63, 3.8) is 0 Å². The van der Waals surface area contributed by atoms with E-state index >= 15 is 0 Å². The molecule has 1 atom stereocenters. The molecule has 1 aliphatic heterocycles. The molecular weight excluding hydrogens is 469 g/mol. The quantitative estimate of drug-likeness (QED) is 0.488. The molecule has 0 spiro atoms. The van der Waals surface area contributed by atoms with Crippen LogP contribution < -0.4 is 5.32 Å². The molecule has 1 unspecified atom stereocenters. The zero-order valence-electron chi connectivity index (χ0n) is 20.0. The second-order valence-corrected chi connectivity index (χ2v) is 10.2. The number of carbonyl (C=O) groups excluding carboxylic acids is 2. The van der Waals surface area contributed by atoms with Crippen LogP contribution in [0.15, 0.2) is 35.5 Å². The van der Waals surface area contributed by atoms with Crippen LogP contribution in [0.25, 0.3) is 0 Å². The van der Waals surface area contributed by atoms with E-state index in [1.54, 1.807) is 31.2 Å². The number of benzene rings is 2. The summed E-state index contributed by atoms with van der Waals surface area (Å²) in [5.41, 5.74) is 2.51. The number of hydrogen-bond acceptors (Lipinski definition) is 5. The number of nitrogens with one attached hydrogen (secondary N) is 1. The molecule has 0 radical (unpaired) electrons. The van der Waals surface area contributed by atoms with Crippen molar-refractivity contribution in [2.45, 2.75) is 58.5 Å². The van der Waals surface area contributed by atoms with E-state index in [0.29, 0.717) is 29.8 Å². The zero-order chi connectivity index (χ0) is 25.4. The van der Waals surface area contributed by atoms with Gasteiger partial charge in [-0.05, 0) is 68.5 Å². The minimum atomic E-state index is -0.991. The third kappa shape index (κ3) is 5.23. The standard InChI is InChI=1S/C27H27ClFN3O3/c1-16-10-20(25(29)21(28)11-16)26(3)13-22(32-35-26)18-4-5-19(17(2)12-18)23(33)6-7-24(34)31-15-27(14-30)8-9-27/h4-5,10-12H,6-9,13,15H2,1-3H3,(H,31,34). The van der Waals surface area contributed by atoms with Gasteiger partial charge in [0.15, 0.2) is 11.4 Å². The molecule has 1 amide bonds. The maximum absolute atomic E-state index is 14.7. The average molecular weight is 496 g/mol. The third-order valence-electron chi connectivity index (χ3n) is 6.76. The highest BCUT2D eigenvalue weighted by atomic mass is 35.5. The molecule has 6 nitrogen and oxygen atoms in total. The van der Waals surface area contributed by atoms with Crippen LogP contribution in [0.3, 0.4) is 0 Å². The number of rotatable bonds is 8. The van der Waals surface area contributed by atoms with E-state index < -0.39 is 16.8 Å². The van der Waals surface area contributed by atoms with Crippen LogP contribution in [-0.2, 0) is 15.2 Å². The molecular formula is C27H27ClFN3O3. The molecule has 0 bridgehead atoms. The van der Waals surface area contributed by atoms with Gasteiger partial charge in [-0.3, -0.25) is 9.59 Å². The van der Waals surface area contributed by atoms with Crippen LogP contribution in [0.1, 0.15) is 71.6 Å². The van der Waals surface area contributed by atoms with Crippen molar-refractivity contribution in [3.05, 3.63) is 69.0 Å². The Labute approximate surface area is 209 Å². The van der Waals surface area contributed by atoms with Gasteiger partial charge in [0.25, 0.3) is 0 Å². The second kappa shape index (κ2) is 9.43. The Morgan fingerprint density at radius 1 is 1.23 bits per heavy atom. The van der Waals surface area contributed by atoms with Crippen LogP contribution >= 0.6 is 11.6 Å². The first kappa shape index (κ1) is 24.9. The number of oxime groups is 1. The van der Waals surface area contributed by atoms with Crippen molar-refractivity contribution in [3.8, 4) is 6.07 Å². The van der Waals surface area contributed by atoms with Crippen molar-refractivity contribution in [2.24, 2.45) is 10.6 Å². The summed E-state index contributed by atoms with van der Waals surface area (Å²) in [5, 5.41) is 16.1. The third-order valence-corrected chi connectivity index (χ3v) is 7.03. The van der Waals surface area contributed by atoms with Gasteiger partial charge in [-0.2, -0.15) is 5.26 Å². The smallest absolute Gasteiger partial charge is 0.220 e. The Bertz CT molecular complexity index is 1280. The monoisotopic (exact) mass is 495 g/mol. The van der Waals surface area contributed by atoms with Crippen LogP contribution in [0.2, 0.25) is 5.02 Å². The molecule has 1 aliphatic carbocycles. The maximum Gasteiger partial charge on any atom is 0.220 e. The van der Waals surface area contributed by atoms with Crippen LogP contribution in [0.5, 0.6) is 0 Å². The Balaban J connectivity index is 1.39. The largest absolute Gasteiger partial charge is 0.384 e. The van der Waals surface area contributed by atoms with Crippen molar-refractivity contribution >= 4 is 29.0 Å². The predicted molar refractivity (Wildman–Crippen MR) is 131 cm³/mol. The highest BCUT2D eigenvalue weighted by Gasteiger charge is 2.43. The number of nitriles is 1.